The summed E-state index contributed by atoms with van der Waals surface area (Å²) >= 11 is 0. The van der Waals surface area contributed by atoms with Crippen molar-refractivity contribution >= 4 is 17.5 Å². The maximum absolute atomic E-state index is 11.8. The molecule has 90 valence electrons. The maximum atomic E-state index is 11.8. The standard InChI is InChI=1S/C12H14N2O3/c1-14(17-2)12(16)9-3-5-10-8(7-9)4-6-11(15)13-10/h3,5,7H,4,6H2,1-2H3,(H,13,15). The minimum atomic E-state index is -0.202. The Hall–Kier alpha value is -1.88. The largest absolute Gasteiger partial charge is 0.326 e. The molecule has 1 aromatic rings. The number of nitrogens with zero attached hydrogens (tertiary/aromatic N) is 1. The molecule has 0 unspecified atom stereocenters. The second kappa shape index (κ2) is 4.55. The van der Waals surface area contributed by atoms with Crippen molar-refractivity contribution in [3.8, 4) is 0 Å². The third kappa shape index (κ3) is 2.29. The number of rotatable bonds is 2. The van der Waals surface area contributed by atoms with Crippen LogP contribution < -0.4 is 5.32 Å². The lowest BCUT2D eigenvalue weighted by atomic mass is 10.00. The normalized spacial score (nSPS) is 13.9. The Morgan fingerprint density at radius 1 is 1.41 bits per heavy atom. The number of hydrogen-bond donors (Lipinski definition) is 1. The summed E-state index contributed by atoms with van der Waals surface area (Å²) in [5.74, 6) is -0.183. The summed E-state index contributed by atoms with van der Waals surface area (Å²) in [6.07, 6.45) is 1.13. The molecular formula is C12H14N2O3. The first-order valence-corrected chi connectivity index (χ1v) is 5.37. The van der Waals surface area contributed by atoms with Crippen molar-refractivity contribution in [2.45, 2.75) is 12.8 Å². The number of anilines is 1. The molecule has 0 aromatic heterocycles. The van der Waals surface area contributed by atoms with Crippen LogP contribution in [0.25, 0.3) is 0 Å². The highest BCUT2D eigenvalue weighted by Gasteiger charge is 2.18. The Bertz CT molecular complexity index is 471. The molecule has 0 fully saturated rings. The van der Waals surface area contributed by atoms with E-state index in [1.165, 1.54) is 12.2 Å². The molecule has 1 heterocycles. The molecule has 0 saturated heterocycles. The Kier molecular flexibility index (Phi) is 3.10. The number of hydrogen-bond acceptors (Lipinski definition) is 3. The van der Waals surface area contributed by atoms with E-state index in [0.29, 0.717) is 18.4 Å². The SMILES string of the molecule is CON(C)C(=O)c1ccc2c(c1)CCC(=O)N2. The van der Waals surface area contributed by atoms with E-state index in [-0.39, 0.29) is 11.8 Å². The summed E-state index contributed by atoms with van der Waals surface area (Å²) in [6, 6.07) is 5.23. The molecule has 1 aliphatic heterocycles. The maximum Gasteiger partial charge on any atom is 0.277 e. The van der Waals surface area contributed by atoms with Crippen LogP contribution in [0.5, 0.6) is 0 Å². The molecule has 0 atom stereocenters. The number of nitrogens with one attached hydrogen (secondary N) is 1. The van der Waals surface area contributed by atoms with Crippen LogP contribution in [-0.4, -0.2) is 31.0 Å². The van der Waals surface area contributed by atoms with Crippen LogP contribution in [0.2, 0.25) is 0 Å². The molecule has 0 radical (unpaired) electrons. The highest BCUT2D eigenvalue weighted by Crippen LogP contribution is 2.23. The van der Waals surface area contributed by atoms with Crippen molar-refractivity contribution in [1.29, 1.82) is 0 Å². The van der Waals surface area contributed by atoms with Gasteiger partial charge in [-0.15, -0.1) is 0 Å². The summed E-state index contributed by atoms with van der Waals surface area (Å²) in [4.78, 5) is 27.9. The van der Waals surface area contributed by atoms with Gasteiger partial charge in [-0.3, -0.25) is 14.4 Å². The van der Waals surface area contributed by atoms with Crippen LogP contribution in [-0.2, 0) is 16.1 Å². The minimum Gasteiger partial charge on any atom is -0.326 e. The van der Waals surface area contributed by atoms with E-state index in [1.54, 1.807) is 25.2 Å². The fourth-order valence-electron chi connectivity index (χ4n) is 1.78. The molecule has 1 aliphatic rings. The molecule has 17 heavy (non-hydrogen) atoms. The predicted molar refractivity (Wildman–Crippen MR) is 62.5 cm³/mol. The summed E-state index contributed by atoms with van der Waals surface area (Å²) < 4.78 is 0. The lowest BCUT2D eigenvalue weighted by Crippen LogP contribution is -2.26. The molecular weight excluding hydrogens is 220 g/mol. The van der Waals surface area contributed by atoms with Crippen molar-refractivity contribution in [2.75, 3.05) is 19.5 Å². The molecule has 0 aliphatic carbocycles. The molecule has 1 aromatic carbocycles. The summed E-state index contributed by atoms with van der Waals surface area (Å²) in [6.45, 7) is 0. The van der Waals surface area contributed by atoms with Gasteiger partial charge in [-0.25, -0.2) is 5.06 Å². The van der Waals surface area contributed by atoms with Crippen LogP contribution in [0.1, 0.15) is 22.3 Å². The Morgan fingerprint density at radius 2 is 2.18 bits per heavy atom. The first-order chi connectivity index (χ1) is 8.11. The van der Waals surface area contributed by atoms with Crippen molar-refractivity contribution in [3.63, 3.8) is 0 Å². The van der Waals surface area contributed by atoms with E-state index in [1.807, 2.05) is 0 Å². The third-order valence-electron chi connectivity index (χ3n) is 2.81. The van der Waals surface area contributed by atoms with Crippen LogP contribution in [0.3, 0.4) is 0 Å². The summed E-state index contributed by atoms with van der Waals surface area (Å²) in [5, 5.41) is 3.94. The van der Waals surface area contributed by atoms with Gasteiger partial charge < -0.3 is 5.32 Å². The molecule has 2 rings (SSSR count). The lowest BCUT2D eigenvalue weighted by Gasteiger charge is -2.19. The van der Waals surface area contributed by atoms with Gasteiger partial charge >= 0.3 is 0 Å². The number of amides is 2. The Morgan fingerprint density at radius 3 is 2.88 bits per heavy atom. The average molecular weight is 234 g/mol. The van der Waals surface area contributed by atoms with Gasteiger partial charge in [-0.1, -0.05) is 0 Å². The Balaban J connectivity index is 2.28. The average Bonchev–Trinajstić information content (AvgIpc) is 2.36. The fourth-order valence-corrected chi connectivity index (χ4v) is 1.78. The summed E-state index contributed by atoms with van der Waals surface area (Å²) in [7, 11) is 3.00. The number of hydroxylamine groups is 2. The van der Waals surface area contributed by atoms with Crippen molar-refractivity contribution in [1.82, 2.24) is 5.06 Å². The highest BCUT2D eigenvalue weighted by molar-refractivity contribution is 5.97. The quantitative estimate of drug-likeness (QED) is 0.782. The van der Waals surface area contributed by atoms with Gasteiger partial charge in [-0.05, 0) is 30.2 Å². The number of aryl methyl sites for hydroxylation is 1. The van der Waals surface area contributed by atoms with E-state index < -0.39 is 0 Å². The molecule has 2 amide bonds. The van der Waals surface area contributed by atoms with Crippen molar-refractivity contribution < 1.29 is 14.4 Å². The van der Waals surface area contributed by atoms with Gasteiger partial charge in [0.05, 0.1) is 7.11 Å². The lowest BCUT2D eigenvalue weighted by molar-refractivity contribution is -0.116. The highest BCUT2D eigenvalue weighted by atomic mass is 16.7. The van der Waals surface area contributed by atoms with E-state index in [4.69, 9.17) is 4.84 Å². The van der Waals surface area contributed by atoms with E-state index in [9.17, 15) is 9.59 Å². The van der Waals surface area contributed by atoms with Crippen LogP contribution in [0.4, 0.5) is 5.69 Å². The van der Waals surface area contributed by atoms with E-state index >= 15 is 0 Å². The first-order valence-electron chi connectivity index (χ1n) is 5.37. The molecule has 0 bridgehead atoms. The zero-order chi connectivity index (χ0) is 12.4. The molecule has 0 spiro atoms. The smallest absolute Gasteiger partial charge is 0.277 e. The van der Waals surface area contributed by atoms with Crippen molar-refractivity contribution in [2.24, 2.45) is 0 Å². The second-order valence-corrected chi connectivity index (χ2v) is 3.91. The molecule has 0 saturated carbocycles. The predicted octanol–water partition coefficient (Wildman–Crippen LogP) is 1.20. The van der Waals surface area contributed by atoms with Crippen LogP contribution in [0, 0.1) is 0 Å². The molecule has 1 N–H and O–H groups in total. The van der Waals surface area contributed by atoms with Crippen LogP contribution in [0.15, 0.2) is 18.2 Å². The fraction of sp³-hybridized carbons (Fsp3) is 0.333. The van der Waals surface area contributed by atoms with Gasteiger partial charge in [0.25, 0.3) is 5.91 Å². The molecule has 5 heteroatoms. The topological polar surface area (TPSA) is 58.6 Å². The van der Waals surface area contributed by atoms with E-state index in [2.05, 4.69) is 5.32 Å². The monoisotopic (exact) mass is 234 g/mol. The van der Waals surface area contributed by atoms with Gasteiger partial charge in [0, 0.05) is 24.7 Å². The van der Waals surface area contributed by atoms with Gasteiger partial charge in [0.15, 0.2) is 0 Å². The number of benzene rings is 1. The molecule has 5 nitrogen and oxygen atoms in total. The second-order valence-electron chi connectivity index (χ2n) is 3.91. The van der Waals surface area contributed by atoms with Crippen LogP contribution >= 0.6 is 0 Å². The minimum absolute atomic E-state index is 0.0191. The zero-order valence-corrected chi connectivity index (χ0v) is 9.82. The van der Waals surface area contributed by atoms with Gasteiger partial charge in [0.1, 0.15) is 0 Å². The van der Waals surface area contributed by atoms with Gasteiger partial charge in [0.2, 0.25) is 5.91 Å². The van der Waals surface area contributed by atoms with Crippen molar-refractivity contribution in [3.05, 3.63) is 29.3 Å². The third-order valence-corrected chi connectivity index (χ3v) is 2.81. The first kappa shape index (κ1) is 11.6. The summed E-state index contributed by atoms with van der Waals surface area (Å²) in [5.41, 5.74) is 2.34. The van der Waals surface area contributed by atoms with Gasteiger partial charge in [-0.2, -0.15) is 0 Å². The number of carbonyl (C=O) groups is 2. The van der Waals surface area contributed by atoms with E-state index in [0.717, 1.165) is 11.3 Å². The zero-order valence-electron chi connectivity index (χ0n) is 9.82. The Labute approximate surface area is 99.3 Å². The number of fused-ring (bicyclic) bond motifs is 1. The number of carbonyl (C=O) groups excluding carboxylic acids is 2.